The number of rotatable bonds is 37. The van der Waals surface area contributed by atoms with Crippen LogP contribution in [0, 0.1) is 5.41 Å². The molecule has 0 aliphatic carbocycles. The molecule has 0 spiro atoms. The number of nitrogens with one attached hydrogen (secondary N) is 1. The lowest BCUT2D eigenvalue weighted by Crippen LogP contribution is -2.66. The molecule has 0 radical (unpaired) electrons. The van der Waals surface area contributed by atoms with Gasteiger partial charge in [-0.2, -0.15) is 5.01 Å². The monoisotopic (exact) mass is 687 g/mol. The Kier molecular flexibility index (Phi) is 22.0. The van der Waals surface area contributed by atoms with E-state index in [9.17, 15) is 0 Å². The van der Waals surface area contributed by atoms with Crippen molar-refractivity contribution in [1.82, 2.24) is 20.2 Å². The van der Waals surface area contributed by atoms with E-state index in [1.165, 1.54) is 238 Å². The van der Waals surface area contributed by atoms with Crippen LogP contribution in [0.25, 0.3) is 0 Å². The van der Waals surface area contributed by atoms with Gasteiger partial charge in [-0.3, -0.25) is 9.80 Å². The van der Waals surface area contributed by atoms with Crippen molar-refractivity contribution in [1.29, 1.82) is 0 Å². The van der Waals surface area contributed by atoms with Crippen molar-refractivity contribution in [3.05, 3.63) is 0 Å². The first kappa shape index (κ1) is 43.2. The summed E-state index contributed by atoms with van der Waals surface area (Å²) in [6.45, 7) is 17.2. The molecule has 0 saturated carbocycles. The van der Waals surface area contributed by atoms with Crippen molar-refractivity contribution in [2.24, 2.45) is 5.41 Å². The number of hydrazine groups is 1. The summed E-state index contributed by atoms with van der Waals surface area (Å²) in [5.74, 6) is 0.0917. The van der Waals surface area contributed by atoms with E-state index in [1.54, 1.807) is 0 Å². The van der Waals surface area contributed by atoms with E-state index in [2.05, 4.69) is 54.9 Å². The van der Waals surface area contributed by atoms with Gasteiger partial charge in [-0.05, 0) is 32.1 Å². The molecular weight excluding hydrogens is 597 g/mol. The SMILES string of the molecule is CCCCCCCCCC1(CCCCCCCCC)NN1C(N1CC1)(N1CC1)C(CC)(CCCCCCCCC)CCCCCCCCC. The van der Waals surface area contributed by atoms with E-state index in [1.807, 2.05) is 0 Å². The van der Waals surface area contributed by atoms with Crippen LogP contribution in [0.1, 0.15) is 247 Å². The van der Waals surface area contributed by atoms with Gasteiger partial charge in [-0.1, -0.05) is 214 Å². The van der Waals surface area contributed by atoms with Gasteiger partial charge in [0, 0.05) is 31.6 Å². The zero-order valence-electron chi connectivity index (χ0n) is 34.5. The molecule has 49 heavy (non-hydrogen) atoms. The number of nitrogens with zero attached hydrogens (tertiary/aromatic N) is 3. The molecule has 290 valence electrons. The Morgan fingerprint density at radius 1 is 0.408 bits per heavy atom. The summed E-state index contributed by atoms with van der Waals surface area (Å²) < 4.78 is 0. The van der Waals surface area contributed by atoms with Crippen molar-refractivity contribution in [2.45, 2.75) is 258 Å². The molecule has 3 saturated heterocycles. The van der Waals surface area contributed by atoms with Gasteiger partial charge in [-0.25, -0.2) is 5.43 Å². The lowest BCUT2D eigenvalue weighted by molar-refractivity contribution is -0.155. The summed E-state index contributed by atoms with van der Waals surface area (Å²) in [6.07, 6.45) is 46.6. The van der Waals surface area contributed by atoms with Crippen molar-refractivity contribution < 1.29 is 0 Å². The van der Waals surface area contributed by atoms with Crippen molar-refractivity contribution in [3.63, 3.8) is 0 Å². The molecule has 4 heteroatoms. The van der Waals surface area contributed by atoms with Crippen LogP contribution in [0.3, 0.4) is 0 Å². The Hall–Kier alpha value is -0.160. The van der Waals surface area contributed by atoms with Gasteiger partial charge in [0.1, 0.15) is 5.66 Å². The zero-order valence-corrected chi connectivity index (χ0v) is 34.5. The number of hydrogen-bond acceptors (Lipinski definition) is 4. The molecule has 0 bridgehead atoms. The fraction of sp³-hybridized carbons (Fsp3) is 1.00. The number of unbranched alkanes of at least 4 members (excludes halogenated alkanes) is 24. The Bertz CT molecular complexity index is 741. The van der Waals surface area contributed by atoms with Crippen molar-refractivity contribution >= 4 is 0 Å². The third-order valence-electron chi connectivity index (χ3n) is 13.1. The second-order valence-electron chi connectivity index (χ2n) is 17.2. The predicted molar refractivity (Wildman–Crippen MR) is 217 cm³/mol. The van der Waals surface area contributed by atoms with Crippen molar-refractivity contribution in [3.8, 4) is 0 Å². The molecule has 3 heterocycles. The van der Waals surface area contributed by atoms with Crippen LogP contribution in [0.15, 0.2) is 0 Å². The fourth-order valence-corrected chi connectivity index (χ4v) is 9.78. The van der Waals surface area contributed by atoms with Crippen LogP contribution >= 0.6 is 0 Å². The quantitative estimate of drug-likeness (QED) is 0.0520. The topological polar surface area (TPSA) is 31.0 Å². The Morgan fingerprint density at radius 2 is 0.714 bits per heavy atom. The van der Waals surface area contributed by atoms with E-state index in [0.717, 1.165) is 0 Å². The lowest BCUT2D eigenvalue weighted by atomic mass is 9.68. The van der Waals surface area contributed by atoms with E-state index in [0.29, 0.717) is 5.41 Å². The van der Waals surface area contributed by atoms with Crippen LogP contribution in [0.4, 0.5) is 0 Å². The largest absolute Gasteiger partial charge is 0.269 e. The number of hydrogen-bond donors (Lipinski definition) is 1. The first-order valence-corrected chi connectivity index (χ1v) is 23.2. The normalized spacial score (nSPS) is 19.2. The van der Waals surface area contributed by atoms with Crippen LogP contribution in [0.5, 0.6) is 0 Å². The van der Waals surface area contributed by atoms with E-state index in [-0.39, 0.29) is 11.4 Å². The maximum Gasteiger partial charge on any atom is 0.151 e. The van der Waals surface area contributed by atoms with Crippen molar-refractivity contribution in [2.75, 3.05) is 26.2 Å². The molecule has 3 rings (SSSR count). The molecule has 0 aromatic rings. The minimum Gasteiger partial charge on any atom is -0.269 e. The second kappa shape index (κ2) is 25.0. The van der Waals surface area contributed by atoms with Gasteiger partial charge in [0.2, 0.25) is 0 Å². The Balaban J connectivity index is 1.78. The average molecular weight is 687 g/mol. The van der Waals surface area contributed by atoms with Crippen LogP contribution in [-0.2, 0) is 0 Å². The second-order valence-corrected chi connectivity index (χ2v) is 17.2. The highest BCUT2D eigenvalue weighted by molar-refractivity contribution is 5.18. The molecule has 3 fully saturated rings. The van der Waals surface area contributed by atoms with Gasteiger partial charge < -0.3 is 0 Å². The van der Waals surface area contributed by atoms with Crippen LogP contribution in [0.2, 0.25) is 0 Å². The molecule has 3 aliphatic heterocycles. The third kappa shape index (κ3) is 14.0. The van der Waals surface area contributed by atoms with E-state index in [4.69, 9.17) is 0 Å². The summed E-state index contributed by atoms with van der Waals surface area (Å²) >= 11 is 0. The van der Waals surface area contributed by atoms with Gasteiger partial charge in [0.25, 0.3) is 0 Å². The minimum atomic E-state index is 0.0917. The highest BCUT2D eigenvalue weighted by Gasteiger charge is 2.73. The molecule has 3 aliphatic rings. The van der Waals surface area contributed by atoms with Gasteiger partial charge in [0.15, 0.2) is 5.79 Å². The molecular formula is C45H90N4. The standard InChI is InChI=1S/C45H90N4/c1-6-11-15-19-23-27-31-35-43(10-5,36-32-28-24-20-16-12-7-2)45(47-39-40-47,48-41-42-48)49-44(46-49,37-33-29-25-21-17-13-8-3)38-34-30-26-22-18-14-9-4/h46H,6-42H2,1-5H3. The first-order chi connectivity index (χ1) is 24.1. The van der Waals surface area contributed by atoms with Gasteiger partial charge in [0.05, 0.1) is 0 Å². The summed E-state index contributed by atoms with van der Waals surface area (Å²) in [7, 11) is 0. The molecule has 0 amide bonds. The molecule has 1 unspecified atom stereocenters. The van der Waals surface area contributed by atoms with E-state index >= 15 is 0 Å². The summed E-state index contributed by atoms with van der Waals surface area (Å²) in [5, 5.41) is 2.99. The molecule has 0 aromatic carbocycles. The third-order valence-corrected chi connectivity index (χ3v) is 13.1. The maximum atomic E-state index is 4.33. The van der Waals surface area contributed by atoms with Gasteiger partial charge in [-0.15, -0.1) is 0 Å². The highest BCUT2D eigenvalue weighted by atomic mass is 15.9. The average Bonchev–Trinajstić information content (AvgIpc) is 3.98. The Morgan fingerprint density at radius 3 is 1.02 bits per heavy atom. The van der Waals surface area contributed by atoms with Crippen LogP contribution < -0.4 is 5.43 Å². The first-order valence-electron chi connectivity index (χ1n) is 23.2. The lowest BCUT2D eigenvalue weighted by Gasteiger charge is -2.54. The zero-order chi connectivity index (χ0) is 35.1. The van der Waals surface area contributed by atoms with E-state index < -0.39 is 0 Å². The summed E-state index contributed by atoms with van der Waals surface area (Å²) in [4.78, 5) is 5.94. The minimum absolute atomic E-state index is 0.0917. The smallest absolute Gasteiger partial charge is 0.151 e. The van der Waals surface area contributed by atoms with Gasteiger partial charge >= 0.3 is 0 Å². The highest BCUT2D eigenvalue weighted by Crippen LogP contribution is 2.60. The fourth-order valence-electron chi connectivity index (χ4n) is 9.78. The summed E-state index contributed by atoms with van der Waals surface area (Å²) in [6, 6.07) is 0. The summed E-state index contributed by atoms with van der Waals surface area (Å²) in [5.41, 5.74) is 4.90. The molecule has 1 atom stereocenters. The molecule has 1 N–H and O–H groups in total. The molecule has 4 nitrogen and oxygen atoms in total. The predicted octanol–water partition coefficient (Wildman–Crippen LogP) is 13.7. The van der Waals surface area contributed by atoms with Crippen LogP contribution in [-0.4, -0.2) is 52.4 Å². The maximum absolute atomic E-state index is 4.33. The Labute approximate surface area is 309 Å². The molecule has 0 aromatic heterocycles.